The molecule has 2 unspecified atom stereocenters. The average molecular weight is 259 g/mol. The number of carbonyl (C=O) groups excluding carboxylic acids is 1. The van der Waals surface area contributed by atoms with Gasteiger partial charge in [-0.25, -0.2) is 0 Å². The van der Waals surface area contributed by atoms with Gasteiger partial charge in [0.1, 0.15) is 5.41 Å². The van der Waals surface area contributed by atoms with Crippen molar-refractivity contribution in [3.05, 3.63) is 35.9 Å². The summed E-state index contributed by atoms with van der Waals surface area (Å²) in [6.07, 6.45) is 2.29. The van der Waals surface area contributed by atoms with Gasteiger partial charge in [0.2, 0.25) is 5.91 Å². The SMILES string of the molecule is N/C(=N/O)C1(C(=O)NC2CC2c2ccccc2)CC1. The summed E-state index contributed by atoms with van der Waals surface area (Å²) in [6.45, 7) is 0. The Labute approximate surface area is 111 Å². The van der Waals surface area contributed by atoms with Gasteiger partial charge in [-0.15, -0.1) is 0 Å². The van der Waals surface area contributed by atoms with E-state index in [1.54, 1.807) is 0 Å². The lowest BCUT2D eigenvalue weighted by Crippen LogP contribution is -2.41. The van der Waals surface area contributed by atoms with Crippen LogP contribution >= 0.6 is 0 Å². The van der Waals surface area contributed by atoms with Gasteiger partial charge in [-0.2, -0.15) is 0 Å². The van der Waals surface area contributed by atoms with Crippen LogP contribution < -0.4 is 11.1 Å². The maximum absolute atomic E-state index is 12.2. The zero-order chi connectivity index (χ0) is 13.5. The topological polar surface area (TPSA) is 87.7 Å². The maximum atomic E-state index is 12.2. The second kappa shape index (κ2) is 4.26. The van der Waals surface area contributed by atoms with Crippen molar-refractivity contribution in [3.8, 4) is 0 Å². The lowest BCUT2D eigenvalue weighted by atomic mass is 10.1. The van der Waals surface area contributed by atoms with Crippen molar-refractivity contribution in [1.82, 2.24) is 5.32 Å². The van der Waals surface area contributed by atoms with Gasteiger partial charge in [0.25, 0.3) is 0 Å². The summed E-state index contributed by atoms with van der Waals surface area (Å²) in [7, 11) is 0. The quantitative estimate of drug-likeness (QED) is 0.328. The number of carbonyl (C=O) groups is 1. The molecular formula is C14H17N3O2. The van der Waals surface area contributed by atoms with Crippen LogP contribution in [0.5, 0.6) is 0 Å². The van der Waals surface area contributed by atoms with E-state index >= 15 is 0 Å². The summed E-state index contributed by atoms with van der Waals surface area (Å²) in [6, 6.07) is 10.3. The van der Waals surface area contributed by atoms with Gasteiger partial charge in [-0.3, -0.25) is 4.79 Å². The number of hydrogen-bond donors (Lipinski definition) is 3. The number of amidine groups is 1. The third-order valence-electron chi connectivity index (χ3n) is 4.12. The molecule has 100 valence electrons. The zero-order valence-electron chi connectivity index (χ0n) is 10.5. The highest BCUT2D eigenvalue weighted by Crippen LogP contribution is 2.48. The molecular weight excluding hydrogens is 242 g/mol. The number of hydrogen-bond acceptors (Lipinski definition) is 3. The van der Waals surface area contributed by atoms with E-state index in [2.05, 4.69) is 22.6 Å². The van der Waals surface area contributed by atoms with E-state index in [0.29, 0.717) is 18.8 Å². The number of oxime groups is 1. The first-order valence-electron chi connectivity index (χ1n) is 6.51. The largest absolute Gasteiger partial charge is 0.409 e. The third-order valence-corrected chi connectivity index (χ3v) is 4.12. The molecule has 5 nitrogen and oxygen atoms in total. The fourth-order valence-electron chi connectivity index (χ4n) is 2.55. The van der Waals surface area contributed by atoms with Crippen LogP contribution in [0.25, 0.3) is 0 Å². The van der Waals surface area contributed by atoms with Crippen molar-refractivity contribution in [2.45, 2.75) is 31.2 Å². The lowest BCUT2D eigenvalue weighted by molar-refractivity contribution is -0.124. The highest BCUT2D eigenvalue weighted by Gasteiger charge is 2.55. The van der Waals surface area contributed by atoms with E-state index in [4.69, 9.17) is 10.9 Å². The minimum Gasteiger partial charge on any atom is -0.409 e. The van der Waals surface area contributed by atoms with Crippen molar-refractivity contribution in [2.24, 2.45) is 16.3 Å². The summed E-state index contributed by atoms with van der Waals surface area (Å²) >= 11 is 0. The van der Waals surface area contributed by atoms with Crippen LogP contribution in [0.3, 0.4) is 0 Å². The van der Waals surface area contributed by atoms with E-state index in [1.165, 1.54) is 5.56 Å². The molecule has 1 aromatic carbocycles. The monoisotopic (exact) mass is 259 g/mol. The Hall–Kier alpha value is -2.04. The number of nitrogens with zero attached hydrogens (tertiary/aromatic N) is 1. The van der Waals surface area contributed by atoms with Gasteiger partial charge in [0, 0.05) is 12.0 Å². The van der Waals surface area contributed by atoms with Gasteiger partial charge in [0.15, 0.2) is 5.84 Å². The highest BCUT2D eigenvalue weighted by atomic mass is 16.4. The molecule has 4 N–H and O–H groups in total. The van der Waals surface area contributed by atoms with Gasteiger partial charge in [0.05, 0.1) is 0 Å². The summed E-state index contributed by atoms with van der Waals surface area (Å²) in [5, 5.41) is 14.7. The Morgan fingerprint density at radius 2 is 2.05 bits per heavy atom. The maximum Gasteiger partial charge on any atom is 0.234 e. The van der Waals surface area contributed by atoms with Crippen LogP contribution in [0.2, 0.25) is 0 Å². The van der Waals surface area contributed by atoms with Crippen molar-refractivity contribution in [1.29, 1.82) is 0 Å². The van der Waals surface area contributed by atoms with Crippen LogP contribution in [0.1, 0.15) is 30.7 Å². The first-order valence-corrected chi connectivity index (χ1v) is 6.51. The standard InChI is InChI=1S/C14H17N3O2/c15-12(17-19)14(6-7-14)13(18)16-11-8-10(11)9-4-2-1-3-5-9/h1-5,10-11,19H,6-8H2,(H2,15,17)(H,16,18). The zero-order valence-corrected chi connectivity index (χ0v) is 10.5. The molecule has 19 heavy (non-hydrogen) atoms. The molecule has 2 atom stereocenters. The molecule has 0 heterocycles. The lowest BCUT2D eigenvalue weighted by Gasteiger charge is -2.13. The van der Waals surface area contributed by atoms with Crippen LogP contribution in [0.4, 0.5) is 0 Å². The number of benzene rings is 1. The van der Waals surface area contributed by atoms with E-state index in [1.807, 2.05) is 18.2 Å². The predicted molar refractivity (Wildman–Crippen MR) is 70.8 cm³/mol. The molecule has 3 rings (SSSR count). The molecule has 0 saturated heterocycles. The Balaban J connectivity index is 1.61. The molecule has 2 saturated carbocycles. The van der Waals surface area contributed by atoms with Crippen LogP contribution in [0, 0.1) is 5.41 Å². The minimum absolute atomic E-state index is 0.0295. The molecule has 0 radical (unpaired) electrons. The summed E-state index contributed by atoms with van der Waals surface area (Å²) in [5.41, 5.74) is 6.10. The van der Waals surface area contributed by atoms with Crippen LogP contribution in [0.15, 0.2) is 35.5 Å². The van der Waals surface area contributed by atoms with Crippen molar-refractivity contribution < 1.29 is 10.0 Å². The van der Waals surface area contributed by atoms with E-state index in [-0.39, 0.29) is 17.8 Å². The minimum atomic E-state index is -0.751. The fourth-order valence-corrected chi connectivity index (χ4v) is 2.55. The van der Waals surface area contributed by atoms with E-state index < -0.39 is 5.41 Å². The van der Waals surface area contributed by atoms with Crippen molar-refractivity contribution in [2.75, 3.05) is 0 Å². The summed E-state index contributed by atoms with van der Waals surface area (Å²) in [5.74, 6) is 0.321. The fraction of sp³-hybridized carbons (Fsp3) is 0.429. The second-order valence-electron chi connectivity index (χ2n) is 5.40. The number of rotatable bonds is 4. The average Bonchev–Trinajstić information content (AvgIpc) is 3.33. The normalized spacial score (nSPS) is 27.7. The van der Waals surface area contributed by atoms with Crippen LogP contribution in [-0.4, -0.2) is 23.0 Å². The molecule has 1 aromatic rings. The van der Waals surface area contributed by atoms with Crippen molar-refractivity contribution in [3.63, 3.8) is 0 Å². The Morgan fingerprint density at radius 1 is 1.37 bits per heavy atom. The number of nitrogens with two attached hydrogens (primary N) is 1. The van der Waals surface area contributed by atoms with E-state index in [9.17, 15) is 4.79 Å². The Kier molecular flexibility index (Phi) is 2.69. The van der Waals surface area contributed by atoms with Gasteiger partial charge < -0.3 is 16.3 Å². The molecule has 0 aliphatic heterocycles. The number of amides is 1. The molecule has 0 bridgehead atoms. The smallest absolute Gasteiger partial charge is 0.234 e. The molecule has 2 aliphatic carbocycles. The van der Waals surface area contributed by atoms with Gasteiger partial charge in [-0.05, 0) is 24.8 Å². The predicted octanol–water partition coefficient (Wildman–Crippen LogP) is 1.19. The Bertz CT molecular complexity index is 523. The van der Waals surface area contributed by atoms with Crippen molar-refractivity contribution >= 4 is 11.7 Å². The number of nitrogens with one attached hydrogen (secondary N) is 1. The molecule has 1 amide bonds. The van der Waals surface area contributed by atoms with E-state index in [0.717, 1.165) is 6.42 Å². The first-order chi connectivity index (χ1) is 9.17. The molecule has 2 aliphatic rings. The second-order valence-corrected chi connectivity index (χ2v) is 5.40. The van der Waals surface area contributed by atoms with Gasteiger partial charge in [-0.1, -0.05) is 35.5 Å². The van der Waals surface area contributed by atoms with Crippen LogP contribution in [-0.2, 0) is 4.79 Å². The molecule has 0 spiro atoms. The molecule has 0 aromatic heterocycles. The third kappa shape index (κ3) is 2.05. The Morgan fingerprint density at radius 3 is 2.63 bits per heavy atom. The van der Waals surface area contributed by atoms with Gasteiger partial charge >= 0.3 is 0 Å². The first kappa shape index (κ1) is 12.0. The molecule has 5 heteroatoms. The molecule has 2 fully saturated rings. The summed E-state index contributed by atoms with van der Waals surface area (Å²) < 4.78 is 0. The highest BCUT2D eigenvalue weighted by molar-refractivity contribution is 6.09. The summed E-state index contributed by atoms with van der Waals surface area (Å²) in [4.78, 5) is 12.2.